The average Bonchev–Trinajstić information content (AvgIpc) is 2.07. The zero-order valence-corrected chi connectivity index (χ0v) is 9.20. The van der Waals surface area contributed by atoms with Crippen LogP contribution in [0.2, 0.25) is 0 Å². The molecule has 0 bridgehead atoms. The maximum atomic E-state index is 11.2. The molecule has 0 aliphatic heterocycles. The summed E-state index contributed by atoms with van der Waals surface area (Å²) in [4.78, 5) is 11.2. The van der Waals surface area contributed by atoms with Crippen LogP contribution < -0.4 is 11.1 Å². The molecule has 0 aliphatic carbocycles. The van der Waals surface area contributed by atoms with E-state index in [0.29, 0.717) is 11.4 Å². The Morgan fingerprint density at radius 2 is 1.71 bits per heavy atom. The Kier molecular flexibility index (Phi) is 3.48. The van der Waals surface area contributed by atoms with Crippen LogP contribution in [-0.4, -0.2) is 9.70 Å². The number of hydrogen-bond donors (Lipinski definition) is 2. The molecular weight excluding hydrogens is 246 g/mol. The summed E-state index contributed by atoms with van der Waals surface area (Å²) in [5.74, 6) is -0.702. The Labute approximate surface area is 96.1 Å². The molecule has 0 unspecified atom stereocenters. The van der Waals surface area contributed by atoms with Crippen molar-refractivity contribution >= 4 is 52.1 Å². The SMILES string of the molecule is Nc1ccc(NC(=O)C(Cl)(Cl)Cl)cc1. The smallest absolute Gasteiger partial charge is 0.276 e. The number of carbonyl (C=O) groups is 1. The molecule has 3 N–H and O–H groups in total. The fraction of sp³-hybridized carbons (Fsp3) is 0.125. The molecule has 1 aromatic rings. The van der Waals surface area contributed by atoms with Crippen molar-refractivity contribution in [1.29, 1.82) is 0 Å². The summed E-state index contributed by atoms with van der Waals surface area (Å²) in [6.45, 7) is 0. The Balaban J connectivity index is 2.71. The van der Waals surface area contributed by atoms with Gasteiger partial charge in [-0.25, -0.2) is 0 Å². The van der Waals surface area contributed by atoms with Gasteiger partial charge in [-0.2, -0.15) is 0 Å². The number of rotatable bonds is 1. The van der Waals surface area contributed by atoms with E-state index >= 15 is 0 Å². The zero-order valence-electron chi connectivity index (χ0n) is 6.93. The van der Waals surface area contributed by atoms with E-state index in [9.17, 15) is 4.79 Å². The van der Waals surface area contributed by atoms with Gasteiger partial charge in [0.25, 0.3) is 9.70 Å². The summed E-state index contributed by atoms with van der Waals surface area (Å²) in [5.41, 5.74) is 6.57. The van der Waals surface area contributed by atoms with Crippen LogP contribution in [0.5, 0.6) is 0 Å². The molecule has 6 heteroatoms. The van der Waals surface area contributed by atoms with Crippen molar-refractivity contribution in [3.8, 4) is 0 Å². The second kappa shape index (κ2) is 4.26. The highest BCUT2D eigenvalue weighted by Crippen LogP contribution is 2.27. The predicted octanol–water partition coefficient (Wildman–Crippen LogP) is 2.58. The minimum Gasteiger partial charge on any atom is -0.399 e. The monoisotopic (exact) mass is 252 g/mol. The number of nitrogen functional groups attached to an aromatic ring is 1. The van der Waals surface area contributed by atoms with Gasteiger partial charge < -0.3 is 11.1 Å². The summed E-state index contributed by atoms with van der Waals surface area (Å²) in [6, 6.07) is 6.50. The summed E-state index contributed by atoms with van der Waals surface area (Å²) in [7, 11) is 0. The van der Waals surface area contributed by atoms with Crippen LogP contribution >= 0.6 is 34.8 Å². The predicted molar refractivity (Wildman–Crippen MR) is 59.8 cm³/mol. The van der Waals surface area contributed by atoms with Crippen LogP contribution in [0.15, 0.2) is 24.3 Å². The summed E-state index contributed by atoms with van der Waals surface area (Å²) in [6.07, 6.45) is 0. The molecule has 1 amide bonds. The summed E-state index contributed by atoms with van der Waals surface area (Å²) in [5, 5.41) is 2.42. The number of alkyl halides is 3. The fourth-order valence-corrected chi connectivity index (χ4v) is 0.910. The molecule has 3 nitrogen and oxygen atoms in total. The Morgan fingerprint density at radius 3 is 2.14 bits per heavy atom. The van der Waals surface area contributed by atoms with E-state index in [1.807, 2.05) is 0 Å². The Hall–Kier alpha value is -0.640. The standard InChI is InChI=1S/C8H7Cl3N2O/c9-8(10,11)7(14)13-6-3-1-5(12)2-4-6/h1-4H,12H2,(H,13,14). The Morgan fingerprint density at radius 1 is 1.21 bits per heavy atom. The second-order valence-corrected chi connectivity index (χ2v) is 4.86. The normalized spacial score (nSPS) is 11.1. The molecule has 0 atom stereocenters. The van der Waals surface area contributed by atoms with Gasteiger partial charge in [-0.15, -0.1) is 0 Å². The first-order valence-corrected chi connectivity index (χ1v) is 4.77. The zero-order chi connectivity index (χ0) is 10.8. The summed E-state index contributed by atoms with van der Waals surface area (Å²) >= 11 is 16.1. The maximum absolute atomic E-state index is 11.2. The fourth-order valence-electron chi connectivity index (χ4n) is 0.768. The second-order valence-electron chi connectivity index (χ2n) is 2.57. The van der Waals surface area contributed by atoms with Crippen LogP contribution in [-0.2, 0) is 4.79 Å². The van der Waals surface area contributed by atoms with Crippen molar-refractivity contribution in [2.75, 3.05) is 11.1 Å². The van der Waals surface area contributed by atoms with E-state index in [1.165, 1.54) is 0 Å². The first-order valence-electron chi connectivity index (χ1n) is 3.63. The lowest BCUT2D eigenvalue weighted by Crippen LogP contribution is -2.26. The topological polar surface area (TPSA) is 55.1 Å². The maximum Gasteiger partial charge on any atom is 0.276 e. The number of hydrogen-bond acceptors (Lipinski definition) is 2. The highest BCUT2D eigenvalue weighted by Gasteiger charge is 2.30. The lowest BCUT2D eigenvalue weighted by molar-refractivity contribution is -0.115. The average molecular weight is 254 g/mol. The van der Waals surface area contributed by atoms with Crippen molar-refractivity contribution in [3.63, 3.8) is 0 Å². The van der Waals surface area contributed by atoms with Gasteiger partial charge in [0, 0.05) is 11.4 Å². The van der Waals surface area contributed by atoms with E-state index in [0.717, 1.165) is 0 Å². The number of nitrogens with one attached hydrogen (secondary N) is 1. The van der Waals surface area contributed by atoms with Gasteiger partial charge in [0.15, 0.2) is 0 Å². The molecule has 0 spiro atoms. The highest BCUT2D eigenvalue weighted by atomic mass is 35.6. The molecule has 14 heavy (non-hydrogen) atoms. The molecule has 0 radical (unpaired) electrons. The van der Waals surface area contributed by atoms with Crippen LogP contribution in [0.1, 0.15) is 0 Å². The molecule has 1 aromatic carbocycles. The molecule has 0 aromatic heterocycles. The molecule has 0 heterocycles. The van der Waals surface area contributed by atoms with Crippen molar-refractivity contribution in [1.82, 2.24) is 0 Å². The number of halogens is 3. The van der Waals surface area contributed by atoms with Crippen LogP contribution in [0.3, 0.4) is 0 Å². The third-order valence-corrected chi connectivity index (χ3v) is 1.94. The minimum absolute atomic E-state index is 0.524. The molecule has 0 aliphatic rings. The third kappa shape index (κ3) is 3.25. The first kappa shape index (κ1) is 11.4. The van der Waals surface area contributed by atoms with Gasteiger partial charge in [-0.05, 0) is 24.3 Å². The van der Waals surface area contributed by atoms with Crippen LogP contribution in [0.4, 0.5) is 11.4 Å². The quantitative estimate of drug-likeness (QED) is 0.597. The number of amides is 1. The number of benzene rings is 1. The van der Waals surface area contributed by atoms with Gasteiger partial charge in [0.05, 0.1) is 0 Å². The van der Waals surface area contributed by atoms with E-state index in [2.05, 4.69) is 5.32 Å². The van der Waals surface area contributed by atoms with Gasteiger partial charge >= 0.3 is 0 Å². The van der Waals surface area contributed by atoms with Gasteiger partial charge in [0.2, 0.25) is 0 Å². The molecule has 0 saturated carbocycles. The molecule has 0 saturated heterocycles. The Bertz CT molecular complexity index is 331. The van der Waals surface area contributed by atoms with Crippen molar-refractivity contribution in [2.24, 2.45) is 0 Å². The van der Waals surface area contributed by atoms with Gasteiger partial charge in [-0.3, -0.25) is 4.79 Å². The lowest BCUT2D eigenvalue weighted by Gasteiger charge is -2.11. The number of nitrogens with two attached hydrogens (primary N) is 1. The lowest BCUT2D eigenvalue weighted by atomic mass is 10.3. The molecule has 76 valence electrons. The van der Waals surface area contributed by atoms with Crippen molar-refractivity contribution in [3.05, 3.63) is 24.3 Å². The third-order valence-electron chi connectivity index (χ3n) is 1.43. The van der Waals surface area contributed by atoms with Gasteiger partial charge in [-0.1, -0.05) is 34.8 Å². The van der Waals surface area contributed by atoms with Crippen molar-refractivity contribution < 1.29 is 4.79 Å². The highest BCUT2D eigenvalue weighted by molar-refractivity contribution is 6.76. The number of anilines is 2. The largest absolute Gasteiger partial charge is 0.399 e. The van der Waals surface area contributed by atoms with Crippen molar-refractivity contribution in [2.45, 2.75) is 3.79 Å². The molecular formula is C8H7Cl3N2O. The van der Waals surface area contributed by atoms with Crippen LogP contribution in [0.25, 0.3) is 0 Å². The summed E-state index contributed by atoms with van der Waals surface area (Å²) < 4.78 is -1.96. The molecule has 0 fully saturated rings. The minimum atomic E-state index is -1.96. The van der Waals surface area contributed by atoms with Gasteiger partial charge in [0.1, 0.15) is 0 Å². The van der Waals surface area contributed by atoms with E-state index in [-0.39, 0.29) is 0 Å². The van der Waals surface area contributed by atoms with E-state index < -0.39 is 9.70 Å². The number of carbonyl (C=O) groups excluding carboxylic acids is 1. The first-order chi connectivity index (χ1) is 6.39. The van der Waals surface area contributed by atoms with Crippen LogP contribution in [0, 0.1) is 0 Å². The van der Waals surface area contributed by atoms with E-state index in [1.54, 1.807) is 24.3 Å². The molecule has 1 rings (SSSR count). The van der Waals surface area contributed by atoms with E-state index in [4.69, 9.17) is 40.5 Å².